The normalized spacial score (nSPS) is 19.1. The molecule has 1 aliphatic carbocycles. The van der Waals surface area contributed by atoms with Crippen LogP contribution in [0.2, 0.25) is 0 Å². The summed E-state index contributed by atoms with van der Waals surface area (Å²) in [5.74, 6) is 1.01. The number of nitrogens with one attached hydrogen (secondary N) is 2. The van der Waals surface area contributed by atoms with Crippen LogP contribution in [-0.2, 0) is 0 Å². The van der Waals surface area contributed by atoms with Gasteiger partial charge in [-0.2, -0.15) is 0 Å². The van der Waals surface area contributed by atoms with E-state index in [1.165, 1.54) is 38.6 Å². The van der Waals surface area contributed by atoms with Crippen LogP contribution < -0.4 is 10.6 Å². The summed E-state index contributed by atoms with van der Waals surface area (Å²) >= 11 is 0. The Bertz CT molecular complexity index is 148. The zero-order valence-electron chi connectivity index (χ0n) is 10.0. The first-order valence-corrected chi connectivity index (χ1v) is 6.04. The first-order valence-electron chi connectivity index (χ1n) is 6.04. The predicted molar refractivity (Wildman–Crippen MR) is 62.6 cm³/mol. The monoisotopic (exact) mass is 198 g/mol. The minimum Gasteiger partial charge on any atom is -0.315 e. The van der Waals surface area contributed by atoms with Crippen molar-refractivity contribution in [3.05, 3.63) is 0 Å². The zero-order valence-corrected chi connectivity index (χ0v) is 10.0. The van der Waals surface area contributed by atoms with Gasteiger partial charge >= 0.3 is 0 Å². The quantitative estimate of drug-likeness (QED) is 0.639. The maximum absolute atomic E-state index is 3.54. The molecule has 0 bridgehead atoms. The van der Waals surface area contributed by atoms with Gasteiger partial charge in [-0.1, -0.05) is 25.7 Å². The van der Waals surface area contributed by atoms with Gasteiger partial charge in [0.2, 0.25) is 0 Å². The van der Waals surface area contributed by atoms with Crippen LogP contribution in [0, 0.1) is 5.92 Å². The molecule has 1 rings (SSSR count). The maximum Gasteiger partial charge on any atom is 0.0246 e. The second-order valence-corrected chi connectivity index (χ2v) is 5.25. The molecular weight excluding hydrogens is 172 g/mol. The van der Waals surface area contributed by atoms with E-state index in [1.54, 1.807) is 0 Å². The summed E-state index contributed by atoms with van der Waals surface area (Å²) < 4.78 is 0. The molecule has 2 N–H and O–H groups in total. The summed E-state index contributed by atoms with van der Waals surface area (Å²) in [6.45, 7) is 6.72. The highest BCUT2D eigenvalue weighted by atomic mass is 15.0. The smallest absolute Gasteiger partial charge is 0.0246 e. The van der Waals surface area contributed by atoms with Crippen LogP contribution in [0.25, 0.3) is 0 Å². The van der Waals surface area contributed by atoms with Gasteiger partial charge in [-0.05, 0) is 39.8 Å². The standard InChI is InChI=1S/C12H26N2/c1-12(2,13-3)10-14-9-8-11-6-4-5-7-11/h11,13-14H,4-10H2,1-3H3. The molecule has 14 heavy (non-hydrogen) atoms. The van der Waals surface area contributed by atoms with Crippen LogP contribution in [0.4, 0.5) is 0 Å². The molecular formula is C12H26N2. The molecule has 0 aromatic rings. The molecule has 84 valence electrons. The molecule has 0 saturated heterocycles. The average molecular weight is 198 g/mol. The molecule has 0 atom stereocenters. The van der Waals surface area contributed by atoms with Gasteiger partial charge < -0.3 is 10.6 Å². The molecule has 0 aliphatic heterocycles. The third-order valence-electron chi connectivity index (χ3n) is 3.45. The molecule has 0 amide bonds. The topological polar surface area (TPSA) is 24.1 Å². The lowest BCUT2D eigenvalue weighted by molar-refractivity contribution is 0.380. The molecule has 0 spiro atoms. The lowest BCUT2D eigenvalue weighted by Crippen LogP contribution is -2.45. The van der Waals surface area contributed by atoms with Crippen molar-refractivity contribution in [1.82, 2.24) is 10.6 Å². The second-order valence-electron chi connectivity index (χ2n) is 5.25. The van der Waals surface area contributed by atoms with Crippen molar-refractivity contribution in [1.29, 1.82) is 0 Å². The Morgan fingerprint density at radius 1 is 1.21 bits per heavy atom. The minimum atomic E-state index is 0.232. The first-order chi connectivity index (χ1) is 6.64. The van der Waals surface area contributed by atoms with Gasteiger partial charge in [0.25, 0.3) is 0 Å². The predicted octanol–water partition coefficient (Wildman–Crippen LogP) is 2.15. The summed E-state index contributed by atoms with van der Waals surface area (Å²) in [4.78, 5) is 0. The summed E-state index contributed by atoms with van der Waals surface area (Å²) in [6, 6.07) is 0. The highest BCUT2D eigenvalue weighted by Crippen LogP contribution is 2.26. The Labute approximate surface area is 88.8 Å². The molecule has 1 fully saturated rings. The fourth-order valence-corrected chi connectivity index (χ4v) is 2.09. The van der Waals surface area contributed by atoms with Crippen LogP contribution in [0.3, 0.4) is 0 Å². The Kier molecular flexibility index (Phi) is 4.90. The van der Waals surface area contributed by atoms with E-state index in [2.05, 4.69) is 24.5 Å². The van der Waals surface area contributed by atoms with Crippen LogP contribution in [0.5, 0.6) is 0 Å². The highest BCUT2D eigenvalue weighted by molar-refractivity contribution is 4.78. The van der Waals surface area contributed by atoms with E-state index in [4.69, 9.17) is 0 Å². The third-order valence-corrected chi connectivity index (χ3v) is 3.45. The summed E-state index contributed by atoms with van der Waals surface area (Å²) in [5.41, 5.74) is 0.232. The van der Waals surface area contributed by atoms with Crippen molar-refractivity contribution in [2.45, 2.75) is 51.5 Å². The van der Waals surface area contributed by atoms with Crippen molar-refractivity contribution < 1.29 is 0 Å². The van der Waals surface area contributed by atoms with Crippen molar-refractivity contribution >= 4 is 0 Å². The lowest BCUT2D eigenvalue weighted by atomic mass is 10.0. The highest BCUT2D eigenvalue weighted by Gasteiger charge is 2.16. The molecule has 2 heteroatoms. The van der Waals surface area contributed by atoms with Gasteiger partial charge in [0.05, 0.1) is 0 Å². The molecule has 2 nitrogen and oxygen atoms in total. The van der Waals surface area contributed by atoms with Gasteiger partial charge in [-0.3, -0.25) is 0 Å². The average Bonchev–Trinajstić information content (AvgIpc) is 2.65. The van der Waals surface area contributed by atoms with E-state index in [0.29, 0.717) is 0 Å². The van der Waals surface area contributed by atoms with E-state index in [9.17, 15) is 0 Å². The van der Waals surface area contributed by atoms with Crippen LogP contribution >= 0.6 is 0 Å². The third kappa shape index (κ3) is 4.43. The number of hydrogen-bond acceptors (Lipinski definition) is 2. The van der Waals surface area contributed by atoms with E-state index in [1.807, 2.05) is 7.05 Å². The molecule has 1 aliphatic rings. The Morgan fingerprint density at radius 2 is 1.86 bits per heavy atom. The van der Waals surface area contributed by atoms with Gasteiger partial charge in [-0.25, -0.2) is 0 Å². The number of hydrogen-bond donors (Lipinski definition) is 2. The van der Waals surface area contributed by atoms with Crippen molar-refractivity contribution in [2.75, 3.05) is 20.1 Å². The zero-order chi connectivity index (χ0) is 10.4. The molecule has 0 aromatic carbocycles. The molecule has 1 saturated carbocycles. The molecule has 0 unspecified atom stereocenters. The SMILES string of the molecule is CNC(C)(C)CNCCC1CCCC1. The van der Waals surface area contributed by atoms with E-state index in [-0.39, 0.29) is 5.54 Å². The van der Waals surface area contributed by atoms with Crippen LogP contribution in [0.15, 0.2) is 0 Å². The molecule has 0 radical (unpaired) electrons. The molecule has 0 heterocycles. The van der Waals surface area contributed by atoms with Crippen molar-refractivity contribution in [2.24, 2.45) is 5.92 Å². The van der Waals surface area contributed by atoms with E-state index in [0.717, 1.165) is 12.5 Å². The summed E-state index contributed by atoms with van der Waals surface area (Å²) in [6.07, 6.45) is 7.24. The van der Waals surface area contributed by atoms with Crippen LogP contribution in [-0.4, -0.2) is 25.7 Å². The number of rotatable bonds is 6. The van der Waals surface area contributed by atoms with Gasteiger partial charge in [-0.15, -0.1) is 0 Å². The fraction of sp³-hybridized carbons (Fsp3) is 1.00. The largest absolute Gasteiger partial charge is 0.315 e. The Balaban J connectivity index is 1.98. The Hall–Kier alpha value is -0.0800. The van der Waals surface area contributed by atoms with Crippen molar-refractivity contribution in [3.8, 4) is 0 Å². The van der Waals surface area contributed by atoms with Crippen LogP contribution in [0.1, 0.15) is 46.0 Å². The summed E-state index contributed by atoms with van der Waals surface area (Å²) in [5, 5.41) is 6.85. The van der Waals surface area contributed by atoms with Crippen molar-refractivity contribution in [3.63, 3.8) is 0 Å². The second kappa shape index (κ2) is 5.72. The van der Waals surface area contributed by atoms with Gasteiger partial charge in [0, 0.05) is 12.1 Å². The molecule has 0 aromatic heterocycles. The number of likely N-dealkylation sites (N-methyl/N-ethyl adjacent to an activating group) is 1. The lowest BCUT2D eigenvalue weighted by Gasteiger charge is -2.24. The first kappa shape index (κ1) is 12.0. The van der Waals surface area contributed by atoms with Gasteiger partial charge in [0.1, 0.15) is 0 Å². The minimum absolute atomic E-state index is 0.232. The van der Waals surface area contributed by atoms with Gasteiger partial charge in [0.15, 0.2) is 0 Å². The Morgan fingerprint density at radius 3 is 2.43 bits per heavy atom. The van der Waals surface area contributed by atoms with E-state index < -0.39 is 0 Å². The van der Waals surface area contributed by atoms with E-state index >= 15 is 0 Å². The summed E-state index contributed by atoms with van der Waals surface area (Å²) in [7, 11) is 2.03. The maximum atomic E-state index is 3.54. The fourth-order valence-electron chi connectivity index (χ4n) is 2.09.